The zero-order chi connectivity index (χ0) is 21.5. The molecule has 2 N–H and O–H groups in total. The third kappa shape index (κ3) is 6.50. The molecular weight excluding hydrogens is 386 g/mol. The number of aliphatic imine (C=N–C) groups is 1. The maximum Gasteiger partial charge on any atom is 0.191 e. The first kappa shape index (κ1) is 22.2. The van der Waals surface area contributed by atoms with Gasteiger partial charge in [0.05, 0.1) is 12.2 Å². The number of morpholine rings is 1. The third-order valence-electron chi connectivity index (χ3n) is 5.06. The van der Waals surface area contributed by atoms with Crippen molar-refractivity contribution in [3.63, 3.8) is 0 Å². The third-order valence-corrected chi connectivity index (χ3v) is 5.06. The second kappa shape index (κ2) is 10.5. The Labute approximate surface area is 177 Å². The van der Waals surface area contributed by atoms with Crippen molar-refractivity contribution in [3.8, 4) is 0 Å². The van der Waals surface area contributed by atoms with Crippen LogP contribution in [0.2, 0.25) is 0 Å². The van der Waals surface area contributed by atoms with E-state index in [2.05, 4.69) is 58.6 Å². The minimum Gasteiger partial charge on any atom is -0.373 e. The zero-order valence-electron chi connectivity index (χ0n) is 17.8. The van der Waals surface area contributed by atoms with Crippen LogP contribution in [0.4, 0.5) is 8.78 Å². The Hall–Kier alpha value is -2.51. The molecule has 0 spiro atoms. The Morgan fingerprint density at radius 3 is 2.30 bits per heavy atom. The summed E-state index contributed by atoms with van der Waals surface area (Å²) in [5, 5.41) is 6.21. The molecule has 5 nitrogen and oxygen atoms in total. The summed E-state index contributed by atoms with van der Waals surface area (Å²) in [7, 11) is 1.64. The molecule has 1 aliphatic heterocycles. The van der Waals surface area contributed by atoms with E-state index in [1.807, 2.05) is 0 Å². The molecule has 2 aromatic rings. The van der Waals surface area contributed by atoms with Gasteiger partial charge in [0, 0.05) is 45.3 Å². The molecule has 0 aliphatic carbocycles. The van der Waals surface area contributed by atoms with Crippen LogP contribution in [-0.4, -0.2) is 43.2 Å². The maximum absolute atomic E-state index is 13.7. The van der Waals surface area contributed by atoms with E-state index in [0.29, 0.717) is 12.5 Å². The largest absolute Gasteiger partial charge is 0.373 e. The van der Waals surface area contributed by atoms with Gasteiger partial charge in [-0.3, -0.25) is 9.89 Å². The summed E-state index contributed by atoms with van der Waals surface area (Å²) in [6.07, 6.45) is 0.523. The molecule has 3 rings (SSSR count). The fourth-order valence-corrected chi connectivity index (χ4v) is 3.70. The Kier molecular flexibility index (Phi) is 7.76. The molecule has 1 fully saturated rings. The summed E-state index contributed by atoms with van der Waals surface area (Å²) in [6.45, 7) is 7.76. The minimum absolute atomic E-state index is 0.151. The van der Waals surface area contributed by atoms with E-state index in [9.17, 15) is 8.78 Å². The monoisotopic (exact) mass is 416 g/mol. The van der Waals surface area contributed by atoms with Crippen LogP contribution in [0.25, 0.3) is 0 Å². The van der Waals surface area contributed by atoms with Gasteiger partial charge in [0.25, 0.3) is 0 Å². The van der Waals surface area contributed by atoms with E-state index in [-0.39, 0.29) is 24.3 Å². The smallest absolute Gasteiger partial charge is 0.191 e. The predicted octanol–water partition coefficient (Wildman–Crippen LogP) is 3.44. The standard InChI is InChI=1S/C23H30F2N4O/c1-16-13-29(14-17(2)30-16)15-19-6-4-18(5-7-19)11-27-23(26-3)28-12-20-10-21(24)8-9-22(20)25/h4-10,16-17H,11-15H2,1-3H3,(H2,26,27,28). The molecule has 2 aromatic carbocycles. The van der Waals surface area contributed by atoms with Crippen molar-refractivity contribution in [2.75, 3.05) is 20.1 Å². The minimum atomic E-state index is -0.461. The van der Waals surface area contributed by atoms with Crippen molar-refractivity contribution >= 4 is 5.96 Å². The number of halogens is 2. The van der Waals surface area contributed by atoms with Gasteiger partial charge in [-0.25, -0.2) is 8.78 Å². The van der Waals surface area contributed by atoms with Crippen LogP contribution >= 0.6 is 0 Å². The van der Waals surface area contributed by atoms with Gasteiger partial charge < -0.3 is 15.4 Å². The van der Waals surface area contributed by atoms with Crippen LogP contribution in [0.3, 0.4) is 0 Å². The van der Waals surface area contributed by atoms with Crippen LogP contribution in [-0.2, 0) is 24.4 Å². The lowest BCUT2D eigenvalue weighted by Crippen LogP contribution is -2.44. The molecule has 1 saturated heterocycles. The summed E-state index contributed by atoms with van der Waals surface area (Å²) >= 11 is 0. The molecule has 162 valence electrons. The summed E-state index contributed by atoms with van der Waals surface area (Å²) in [5.74, 6) is -0.379. The molecule has 2 unspecified atom stereocenters. The molecule has 0 bridgehead atoms. The summed E-state index contributed by atoms with van der Waals surface area (Å²) in [6, 6.07) is 11.9. The maximum atomic E-state index is 13.7. The van der Waals surface area contributed by atoms with Crippen molar-refractivity contribution in [1.82, 2.24) is 15.5 Å². The highest BCUT2D eigenvalue weighted by atomic mass is 19.1. The van der Waals surface area contributed by atoms with Crippen molar-refractivity contribution in [2.24, 2.45) is 4.99 Å². The van der Waals surface area contributed by atoms with Crippen LogP contribution in [0, 0.1) is 11.6 Å². The number of nitrogens with one attached hydrogen (secondary N) is 2. The first-order chi connectivity index (χ1) is 14.4. The molecule has 30 heavy (non-hydrogen) atoms. The Bertz CT molecular complexity index is 847. The molecule has 1 aliphatic rings. The van der Waals surface area contributed by atoms with E-state index in [1.165, 1.54) is 11.6 Å². The molecule has 0 saturated carbocycles. The summed E-state index contributed by atoms with van der Waals surface area (Å²) in [4.78, 5) is 6.56. The van der Waals surface area contributed by atoms with Gasteiger partial charge >= 0.3 is 0 Å². The summed E-state index contributed by atoms with van der Waals surface area (Å²) in [5.41, 5.74) is 2.64. The molecule has 1 heterocycles. The lowest BCUT2D eigenvalue weighted by Gasteiger charge is -2.35. The second-order valence-corrected chi connectivity index (χ2v) is 7.78. The summed E-state index contributed by atoms with van der Waals surface area (Å²) < 4.78 is 32.8. The van der Waals surface area contributed by atoms with E-state index in [4.69, 9.17) is 4.74 Å². The quantitative estimate of drug-likeness (QED) is 0.560. The molecular formula is C23H30F2N4O. The number of ether oxygens (including phenoxy) is 1. The van der Waals surface area contributed by atoms with E-state index >= 15 is 0 Å². The Morgan fingerprint density at radius 2 is 1.63 bits per heavy atom. The van der Waals surface area contributed by atoms with Crippen molar-refractivity contribution in [3.05, 3.63) is 70.8 Å². The lowest BCUT2D eigenvalue weighted by atomic mass is 10.1. The Morgan fingerprint density at radius 1 is 1.00 bits per heavy atom. The topological polar surface area (TPSA) is 48.9 Å². The van der Waals surface area contributed by atoms with Crippen molar-refractivity contribution in [1.29, 1.82) is 0 Å². The molecule has 0 amide bonds. The van der Waals surface area contributed by atoms with Gasteiger partial charge in [-0.1, -0.05) is 24.3 Å². The van der Waals surface area contributed by atoms with E-state index < -0.39 is 11.6 Å². The van der Waals surface area contributed by atoms with E-state index in [1.54, 1.807) is 7.05 Å². The number of nitrogens with zero attached hydrogens (tertiary/aromatic N) is 2. The zero-order valence-corrected chi connectivity index (χ0v) is 17.8. The fraction of sp³-hybridized carbons (Fsp3) is 0.435. The number of guanidine groups is 1. The van der Waals surface area contributed by atoms with Crippen molar-refractivity contribution in [2.45, 2.75) is 45.7 Å². The van der Waals surface area contributed by atoms with E-state index in [0.717, 1.165) is 37.3 Å². The normalized spacial score (nSPS) is 20.2. The van der Waals surface area contributed by atoms with Gasteiger partial charge in [0.15, 0.2) is 5.96 Å². The SMILES string of the molecule is CN=C(NCc1ccc(CN2CC(C)OC(C)C2)cc1)NCc1cc(F)ccc1F. The molecule has 0 radical (unpaired) electrons. The fourth-order valence-electron chi connectivity index (χ4n) is 3.70. The second-order valence-electron chi connectivity index (χ2n) is 7.78. The average Bonchev–Trinajstić information content (AvgIpc) is 2.71. The number of hydrogen-bond donors (Lipinski definition) is 2. The number of benzene rings is 2. The molecule has 7 heteroatoms. The highest BCUT2D eigenvalue weighted by Crippen LogP contribution is 2.15. The Balaban J connectivity index is 1.48. The first-order valence-corrected chi connectivity index (χ1v) is 10.3. The van der Waals surface area contributed by atoms with Crippen LogP contribution in [0.1, 0.15) is 30.5 Å². The van der Waals surface area contributed by atoms with Crippen LogP contribution in [0.15, 0.2) is 47.5 Å². The highest BCUT2D eigenvalue weighted by Gasteiger charge is 2.21. The number of rotatable bonds is 6. The van der Waals surface area contributed by atoms with Crippen LogP contribution < -0.4 is 10.6 Å². The van der Waals surface area contributed by atoms with Gasteiger partial charge in [-0.2, -0.15) is 0 Å². The highest BCUT2D eigenvalue weighted by molar-refractivity contribution is 5.79. The van der Waals surface area contributed by atoms with Gasteiger partial charge in [0.1, 0.15) is 11.6 Å². The lowest BCUT2D eigenvalue weighted by molar-refractivity contribution is -0.0704. The van der Waals surface area contributed by atoms with Crippen molar-refractivity contribution < 1.29 is 13.5 Å². The number of hydrogen-bond acceptors (Lipinski definition) is 3. The van der Waals surface area contributed by atoms with Crippen LogP contribution in [0.5, 0.6) is 0 Å². The van der Waals surface area contributed by atoms with Gasteiger partial charge in [0.2, 0.25) is 0 Å². The van der Waals surface area contributed by atoms with Gasteiger partial charge in [-0.15, -0.1) is 0 Å². The molecule has 2 atom stereocenters. The van der Waals surface area contributed by atoms with Gasteiger partial charge in [-0.05, 0) is 43.2 Å². The first-order valence-electron chi connectivity index (χ1n) is 10.3. The predicted molar refractivity (Wildman–Crippen MR) is 115 cm³/mol. The molecule has 0 aromatic heterocycles. The average molecular weight is 417 g/mol.